The van der Waals surface area contributed by atoms with Crippen molar-refractivity contribution in [3.05, 3.63) is 23.3 Å². The maximum absolute atomic E-state index is 11.7. The Morgan fingerprint density at radius 2 is 2.07 bits per heavy atom. The quantitative estimate of drug-likeness (QED) is 0.707. The molecule has 0 saturated carbocycles. The summed E-state index contributed by atoms with van der Waals surface area (Å²) in [6, 6.07) is 3.55. The highest BCUT2D eigenvalue weighted by atomic mass is 32.2. The van der Waals surface area contributed by atoms with Crippen LogP contribution in [0.1, 0.15) is 17.5 Å². The SMILES string of the molecule is Cc1ccc2c(c1O)S(=O)(=O)CCC2. The van der Waals surface area contributed by atoms with Crippen molar-refractivity contribution in [2.45, 2.75) is 24.7 Å². The molecule has 0 spiro atoms. The lowest BCUT2D eigenvalue weighted by molar-refractivity contribution is 0.451. The van der Waals surface area contributed by atoms with Gasteiger partial charge >= 0.3 is 0 Å². The molecule has 0 fully saturated rings. The lowest BCUT2D eigenvalue weighted by Crippen LogP contribution is -2.16. The monoisotopic (exact) mass is 212 g/mol. The molecule has 1 aliphatic rings. The number of rotatable bonds is 0. The van der Waals surface area contributed by atoms with Crippen LogP contribution in [0.15, 0.2) is 17.0 Å². The minimum absolute atomic E-state index is 0.0674. The van der Waals surface area contributed by atoms with Crippen molar-refractivity contribution in [3.63, 3.8) is 0 Å². The molecule has 0 aliphatic carbocycles. The van der Waals surface area contributed by atoms with Gasteiger partial charge in [0.25, 0.3) is 0 Å². The molecule has 1 aliphatic heterocycles. The Hall–Kier alpha value is -1.03. The van der Waals surface area contributed by atoms with Crippen molar-refractivity contribution in [3.8, 4) is 5.75 Å². The molecule has 2 rings (SSSR count). The van der Waals surface area contributed by atoms with Gasteiger partial charge in [-0.2, -0.15) is 0 Å². The Balaban J connectivity index is 2.79. The summed E-state index contributed by atoms with van der Waals surface area (Å²) in [5.41, 5.74) is 1.37. The van der Waals surface area contributed by atoms with Gasteiger partial charge in [-0.3, -0.25) is 0 Å². The van der Waals surface area contributed by atoms with Crippen molar-refractivity contribution in [1.29, 1.82) is 0 Å². The molecule has 0 amide bonds. The van der Waals surface area contributed by atoms with Crippen molar-refractivity contribution in [2.24, 2.45) is 0 Å². The summed E-state index contributed by atoms with van der Waals surface area (Å²) in [6.07, 6.45) is 1.39. The molecule has 1 N–H and O–H groups in total. The fraction of sp³-hybridized carbons (Fsp3) is 0.400. The summed E-state index contributed by atoms with van der Waals surface area (Å²) in [5.74, 6) is 0.0824. The lowest BCUT2D eigenvalue weighted by atomic mass is 10.1. The number of phenolic OH excluding ortho intramolecular Hbond substituents is 1. The van der Waals surface area contributed by atoms with Crippen LogP contribution >= 0.6 is 0 Å². The Bertz CT molecular complexity index is 474. The number of hydrogen-bond acceptors (Lipinski definition) is 3. The molecule has 0 atom stereocenters. The van der Waals surface area contributed by atoms with Crippen LogP contribution in [0.3, 0.4) is 0 Å². The van der Waals surface area contributed by atoms with Crippen molar-refractivity contribution < 1.29 is 13.5 Å². The van der Waals surface area contributed by atoms with E-state index in [1.165, 1.54) is 0 Å². The highest BCUT2D eigenvalue weighted by Gasteiger charge is 2.27. The standard InChI is InChI=1S/C10H12O3S/c1-7-4-5-8-3-2-6-14(12,13)10(8)9(7)11/h4-5,11H,2-3,6H2,1H3. The zero-order chi connectivity index (χ0) is 10.3. The third kappa shape index (κ3) is 1.30. The second-order valence-electron chi connectivity index (χ2n) is 3.64. The highest BCUT2D eigenvalue weighted by Crippen LogP contribution is 2.34. The first-order valence-electron chi connectivity index (χ1n) is 4.56. The van der Waals surface area contributed by atoms with Crippen LogP contribution in [0.5, 0.6) is 5.75 Å². The van der Waals surface area contributed by atoms with Gasteiger partial charge in [-0.15, -0.1) is 0 Å². The zero-order valence-corrected chi connectivity index (χ0v) is 8.76. The van der Waals surface area contributed by atoms with E-state index in [0.29, 0.717) is 12.0 Å². The molecular weight excluding hydrogens is 200 g/mol. The van der Waals surface area contributed by atoms with Crippen LogP contribution in [-0.2, 0) is 16.3 Å². The van der Waals surface area contributed by atoms with Gasteiger partial charge in [-0.1, -0.05) is 12.1 Å². The van der Waals surface area contributed by atoms with Crippen molar-refractivity contribution in [2.75, 3.05) is 5.75 Å². The van der Waals surface area contributed by atoms with E-state index in [1.54, 1.807) is 19.1 Å². The van der Waals surface area contributed by atoms with Crippen LogP contribution in [0.25, 0.3) is 0 Å². The number of sulfone groups is 1. The number of phenols is 1. The molecule has 0 radical (unpaired) electrons. The van der Waals surface area contributed by atoms with Gasteiger partial charge in [-0.25, -0.2) is 8.42 Å². The lowest BCUT2D eigenvalue weighted by Gasteiger charge is -2.18. The van der Waals surface area contributed by atoms with Crippen LogP contribution in [0.2, 0.25) is 0 Å². The van der Waals surface area contributed by atoms with Gasteiger partial charge in [0.2, 0.25) is 0 Å². The molecule has 14 heavy (non-hydrogen) atoms. The fourth-order valence-corrected chi connectivity index (χ4v) is 3.56. The van der Waals surface area contributed by atoms with Crippen molar-refractivity contribution in [1.82, 2.24) is 0 Å². The first kappa shape index (κ1) is 9.52. The first-order chi connectivity index (χ1) is 6.52. The molecule has 0 aromatic heterocycles. The van der Waals surface area contributed by atoms with Gasteiger partial charge in [0.15, 0.2) is 9.84 Å². The molecular formula is C10H12O3S. The summed E-state index contributed by atoms with van der Waals surface area (Å²) < 4.78 is 23.4. The minimum atomic E-state index is -3.25. The maximum atomic E-state index is 11.7. The number of benzene rings is 1. The van der Waals surface area contributed by atoms with E-state index in [9.17, 15) is 13.5 Å². The Morgan fingerprint density at radius 3 is 2.79 bits per heavy atom. The predicted molar refractivity (Wildman–Crippen MR) is 53.2 cm³/mol. The molecule has 1 heterocycles. The minimum Gasteiger partial charge on any atom is -0.506 e. The normalized spacial score (nSPS) is 18.9. The second kappa shape index (κ2) is 2.98. The Morgan fingerprint density at radius 1 is 1.36 bits per heavy atom. The largest absolute Gasteiger partial charge is 0.506 e. The third-order valence-corrected chi connectivity index (χ3v) is 4.49. The van der Waals surface area contributed by atoms with Crippen LogP contribution in [-0.4, -0.2) is 19.3 Å². The van der Waals surface area contributed by atoms with Crippen LogP contribution in [0, 0.1) is 6.92 Å². The molecule has 0 unspecified atom stereocenters. The average Bonchev–Trinajstić information content (AvgIpc) is 2.10. The smallest absolute Gasteiger partial charge is 0.182 e. The molecule has 76 valence electrons. The molecule has 4 heteroatoms. The van der Waals surface area contributed by atoms with E-state index in [0.717, 1.165) is 12.0 Å². The van der Waals surface area contributed by atoms with Crippen LogP contribution < -0.4 is 0 Å². The van der Waals surface area contributed by atoms with E-state index < -0.39 is 9.84 Å². The molecule has 1 aromatic rings. The summed E-state index contributed by atoms with van der Waals surface area (Å²) in [7, 11) is -3.25. The number of hydrogen-bond donors (Lipinski definition) is 1. The van der Waals surface area contributed by atoms with Crippen LogP contribution in [0.4, 0.5) is 0 Å². The van der Waals surface area contributed by atoms with E-state index in [1.807, 2.05) is 0 Å². The van der Waals surface area contributed by atoms with Gasteiger partial charge in [0, 0.05) is 0 Å². The predicted octanol–water partition coefficient (Wildman–Crippen LogP) is 1.42. The maximum Gasteiger partial charge on any atom is 0.182 e. The van der Waals surface area contributed by atoms with E-state index in [2.05, 4.69) is 0 Å². The van der Waals surface area contributed by atoms with E-state index >= 15 is 0 Å². The molecule has 1 aromatic carbocycles. The number of aryl methyl sites for hydroxylation is 2. The number of fused-ring (bicyclic) bond motifs is 1. The van der Waals surface area contributed by atoms with Gasteiger partial charge in [0.1, 0.15) is 10.6 Å². The van der Waals surface area contributed by atoms with E-state index in [-0.39, 0.29) is 16.4 Å². The Labute approximate surface area is 83.3 Å². The van der Waals surface area contributed by atoms with Gasteiger partial charge in [-0.05, 0) is 30.9 Å². The summed E-state index contributed by atoms with van der Waals surface area (Å²) >= 11 is 0. The Kier molecular flexibility index (Phi) is 2.03. The van der Waals surface area contributed by atoms with Gasteiger partial charge < -0.3 is 5.11 Å². The topological polar surface area (TPSA) is 54.4 Å². The molecule has 0 saturated heterocycles. The van der Waals surface area contributed by atoms with E-state index in [4.69, 9.17) is 0 Å². The zero-order valence-electron chi connectivity index (χ0n) is 7.95. The summed E-state index contributed by atoms with van der Waals surface area (Å²) in [6.45, 7) is 1.71. The third-order valence-electron chi connectivity index (χ3n) is 2.58. The summed E-state index contributed by atoms with van der Waals surface area (Å²) in [4.78, 5) is 0.156. The van der Waals surface area contributed by atoms with Gasteiger partial charge in [0.05, 0.1) is 5.75 Å². The molecule has 3 nitrogen and oxygen atoms in total. The average molecular weight is 212 g/mol. The fourth-order valence-electron chi connectivity index (χ4n) is 1.81. The number of aromatic hydroxyl groups is 1. The summed E-state index contributed by atoms with van der Waals surface area (Å²) in [5, 5.41) is 9.70. The molecule has 0 bridgehead atoms. The van der Waals surface area contributed by atoms with Crippen molar-refractivity contribution >= 4 is 9.84 Å². The highest BCUT2D eigenvalue weighted by molar-refractivity contribution is 7.91. The first-order valence-corrected chi connectivity index (χ1v) is 6.22. The second-order valence-corrected chi connectivity index (χ2v) is 5.69.